The maximum Gasteiger partial charge on any atom is 0.322 e. The van der Waals surface area contributed by atoms with Gasteiger partial charge in [0.05, 0.1) is 35.6 Å². The van der Waals surface area contributed by atoms with Crippen LogP contribution in [0.15, 0.2) is 27.8 Å². The van der Waals surface area contributed by atoms with Crippen LogP contribution in [0.1, 0.15) is 28.7 Å². The van der Waals surface area contributed by atoms with E-state index < -0.39 is 30.8 Å². The summed E-state index contributed by atoms with van der Waals surface area (Å²) >= 11 is 3.10. The fourth-order valence-corrected chi connectivity index (χ4v) is 4.32. The molecule has 3 heterocycles. The fraction of sp³-hybridized carbons (Fsp3) is 0.429. The Balaban J connectivity index is 1.55. The van der Waals surface area contributed by atoms with Crippen LogP contribution in [-0.4, -0.2) is 70.1 Å². The lowest BCUT2D eigenvalue weighted by Crippen LogP contribution is -2.45. The number of carbonyl (C=O) groups excluding carboxylic acids is 2. The molecular weight excluding hydrogens is 521 g/mol. The Morgan fingerprint density at radius 1 is 1.35 bits per heavy atom. The Morgan fingerprint density at radius 2 is 2.12 bits per heavy atom. The number of halogens is 4. The smallest absolute Gasteiger partial charge is 0.322 e. The summed E-state index contributed by atoms with van der Waals surface area (Å²) in [4.78, 5) is 27.6. The predicted molar refractivity (Wildman–Crippen MR) is 120 cm³/mol. The van der Waals surface area contributed by atoms with Crippen molar-refractivity contribution in [1.29, 1.82) is 0 Å². The number of amides is 3. The number of fused-ring (bicyclic) bond motifs is 3. The van der Waals surface area contributed by atoms with E-state index in [1.165, 1.54) is 29.9 Å². The number of ether oxygens (including phenoxy) is 1. The number of rotatable bonds is 5. The first-order valence-electron chi connectivity index (χ1n) is 10.5. The average Bonchev–Trinajstić information content (AvgIpc) is 3.05. The molecule has 0 bridgehead atoms. The molecule has 34 heavy (non-hydrogen) atoms. The first-order chi connectivity index (χ1) is 16.1. The number of hydrogen-bond donors (Lipinski definition) is 1. The van der Waals surface area contributed by atoms with Crippen LogP contribution in [0.3, 0.4) is 0 Å². The normalized spacial score (nSPS) is 17.9. The number of alkyl halides is 2. The highest BCUT2D eigenvalue weighted by atomic mass is 79.9. The third-order valence-electron chi connectivity index (χ3n) is 5.55. The molecule has 1 N–H and O–H groups in total. The van der Waals surface area contributed by atoms with Gasteiger partial charge >= 0.3 is 6.03 Å². The maximum absolute atomic E-state index is 13.5. The van der Waals surface area contributed by atoms with Crippen LogP contribution in [-0.2, 0) is 24.2 Å². The number of hydrazone groups is 1. The molecule has 13 heteroatoms. The number of nitrogens with zero attached hydrogens (tertiary/aromatic N) is 5. The molecule has 2 aliphatic rings. The van der Waals surface area contributed by atoms with Gasteiger partial charge in [-0.2, -0.15) is 10.2 Å². The molecule has 1 atom stereocenters. The Morgan fingerprint density at radius 3 is 2.82 bits per heavy atom. The summed E-state index contributed by atoms with van der Waals surface area (Å²) in [6, 6.07) is 3.55. The van der Waals surface area contributed by atoms with E-state index in [9.17, 15) is 22.8 Å². The topological polar surface area (TPSA) is 92.1 Å². The molecule has 0 fully saturated rings. The van der Waals surface area contributed by atoms with Crippen LogP contribution in [0.2, 0.25) is 0 Å². The van der Waals surface area contributed by atoms with E-state index in [0.717, 1.165) is 5.01 Å². The van der Waals surface area contributed by atoms with Crippen molar-refractivity contribution in [2.75, 3.05) is 25.6 Å². The van der Waals surface area contributed by atoms with Crippen LogP contribution in [0.4, 0.5) is 23.7 Å². The molecule has 1 aromatic heterocycles. The second kappa shape index (κ2) is 9.74. The molecule has 0 saturated carbocycles. The second-order valence-electron chi connectivity index (χ2n) is 8.07. The molecular formula is C21H22BrF3N6O3. The number of nitrogens with one attached hydrogen (secondary N) is 1. The SMILES string of the molecule is CC1Cc2nn3c(c2CN1C(=O)Nc1ccc(F)c(Br)c1)C(=O)N(C)N=C(COCC(F)F)C3. The lowest BCUT2D eigenvalue weighted by molar-refractivity contribution is 0.0316. The number of aromatic nitrogens is 2. The van der Waals surface area contributed by atoms with Crippen molar-refractivity contribution in [3.05, 3.63) is 45.4 Å². The highest BCUT2D eigenvalue weighted by Crippen LogP contribution is 2.29. The van der Waals surface area contributed by atoms with Gasteiger partial charge in [-0.05, 0) is 41.1 Å². The number of urea groups is 1. The van der Waals surface area contributed by atoms with Crippen molar-refractivity contribution in [1.82, 2.24) is 19.7 Å². The first kappa shape index (κ1) is 24.2. The Bertz CT molecular complexity index is 1160. The van der Waals surface area contributed by atoms with E-state index in [2.05, 4.69) is 31.4 Å². The molecule has 0 saturated heterocycles. The lowest BCUT2D eigenvalue weighted by atomic mass is 9.99. The van der Waals surface area contributed by atoms with Crippen LogP contribution >= 0.6 is 15.9 Å². The molecule has 1 aromatic carbocycles. The van der Waals surface area contributed by atoms with Gasteiger partial charge in [0.1, 0.15) is 18.1 Å². The van der Waals surface area contributed by atoms with Gasteiger partial charge in [0.25, 0.3) is 12.3 Å². The molecule has 4 rings (SSSR count). The summed E-state index contributed by atoms with van der Waals surface area (Å²) in [5, 5.41) is 12.6. The molecule has 1 unspecified atom stereocenters. The van der Waals surface area contributed by atoms with Crippen LogP contribution < -0.4 is 5.32 Å². The predicted octanol–water partition coefficient (Wildman–Crippen LogP) is 3.49. The highest BCUT2D eigenvalue weighted by Gasteiger charge is 2.36. The summed E-state index contributed by atoms with van der Waals surface area (Å²) < 4.78 is 45.0. The van der Waals surface area contributed by atoms with Gasteiger partial charge < -0.3 is 15.0 Å². The van der Waals surface area contributed by atoms with Crippen molar-refractivity contribution < 1.29 is 27.5 Å². The maximum atomic E-state index is 13.5. The van der Waals surface area contributed by atoms with Gasteiger partial charge in [-0.25, -0.2) is 23.0 Å². The number of hydrogen-bond acceptors (Lipinski definition) is 5. The Hall–Kier alpha value is -2.93. The third kappa shape index (κ3) is 4.94. The van der Waals surface area contributed by atoms with Gasteiger partial charge in [-0.15, -0.1) is 0 Å². The molecule has 3 amide bonds. The van der Waals surface area contributed by atoms with E-state index in [-0.39, 0.29) is 30.2 Å². The van der Waals surface area contributed by atoms with E-state index in [1.807, 2.05) is 6.92 Å². The van der Waals surface area contributed by atoms with E-state index >= 15 is 0 Å². The zero-order valence-corrected chi connectivity index (χ0v) is 20.0. The van der Waals surface area contributed by atoms with Gasteiger partial charge in [0.15, 0.2) is 0 Å². The molecule has 0 radical (unpaired) electrons. The summed E-state index contributed by atoms with van der Waals surface area (Å²) in [7, 11) is 1.47. The molecule has 9 nitrogen and oxygen atoms in total. The summed E-state index contributed by atoms with van der Waals surface area (Å²) in [6.45, 7) is 1.21. The molecule has 2 aromatic rings. The Labute approximate surface area is 201 Å². The Kier molecular flexibility index (Phi) is 6.94. The number of carbonyl (C=O) groups is 2. The van der Waals surface area contributed by atoms with Crippen LogP contribution in [0.25, 0.3) is 0 Å². The average molecular weight is 543 g/mol. The van der Waals surface area contributed by atoms with Crippen molar-refractivity contribution in [2.24, 2.45) is 5.10 Å². The molecule has 182 valence electrons. The lowest BCUT2D eigenvalue weighted by Gasteiger charge is -2.33. The van der Waals surface area contributed by atoms with Gasteiger partial charge in [0, 0.05) is 30.8 Å². The number of benzene rings is 1. The van der Waals surface area contributed by atoms with Crippen molar-refractivity contribution in [2.45, 2.75) is 38.9 Å². The van der Waals surface area contributed by atoms with Crippen LogP contribution in [0.5, 0.6) is 0 Å². The zero-order valence-electron chi connectivity index (χ0n) is 18.4. The van der Waals surface area contributed by atoms with Crippen molar-refractivity contribution >= 4 is 39.3 Å². The van der Waals surface area contributed by atoms with Gasteiger partial charge in [0.2, 0.25) is 0 Å². The zero-order chi connectivity index (χ0) is 24.6. The first-order valence-corrected chi connectivity index (χ1v) is 11.2. The minimum atomic E-state index is -2.60. The molecule has 0 spiro atoms. The minimum Gasteiger partial charge on any atom is -0.369 e. The quantitative estimate of drug-likeness (QED) is 0.626. The summed E-state index contributed by atoms with van der Waals surface area (Å²) in [5.74, 6) is -0.865. The van der Waals surface area contributed by atoms with E-state index in [4.69, 9.17) is 4.74 Å². The summed E-state index contributed by atoms with van der Waals surface area (Å²) in [6.07, 6.45) is -2.19. The second-order valence-corrected chi connectivity index (χ2v) is 8.93. The van der Waals surface area contributed by atoms with Crippen LogP contribution in [0, 0.1) is 5.82 Å². The van der Waals surface area contributed by atoms with Gasteiger partial charge in [-0.3, -0.25) is 9.48 Å². The molecule has 0 aliphatic carbocycles. The minimum absolute atomic E-state index is 0.103. The highest BCUT2D eigenvalue weighted by molar-refractivity contribution is 9.10. The number of anilines is 1. The largest absolute Gasteiger partial charge is 0.369 e. The van der Waals surface area contributed by atoms with Gasteiger partial charge in [-0.1, -0.05) is 0 Å². The van der Waals surface area contributed by atoms with Crippen molar-refractivity contribution in [3.8, 4) is 0 Å². The monoisotopic (exact) mass is 542 g/mol. The summed E-state index contributed by atoms with van der Waals surface area (Å²) in [5.41, 5.74) is 2.38. The van der Waals surface area contributed by atoms with Crippen molar-refractivity contribution in [3.63, 3.8) is 0 Å². The molecule has 2 aliphatic heterocycles. The van der Waals surface area contributed by atoms with E-state index in [0.29, 0.717) is 34.8 Å². The fourth-order valence-electron chi connectivity index (χ4n) is 3.95. The van der Waals surface area contributed by atoms with E-state index in [1.54, 1.807) is 4.90 Å². The third-order valence-corrected chi connectivity index (χ3v) is 6.16. The standard InChI is InChI=1S/C21H22BrF3N6O3/c1-11-5-17-14(8-30(11)21(33)26-12-3-4-16(23)15(22)6-12)19-20(32)29(2)27-13(7-31(19)28-17)9-34-10-18(24)25/h3-4,6,11,18H,5,7-10H2,1-2H3,(H,26,33).